The molecule has 1 aromatic carbocycles. The number of benzene rings is 1. The Bertz CT molecular complexity index is 345. The third-order valence-electron chi connectivity index (χ3n) is 3.52. The number of carboxylic acids is 1. The van der Waals surface area contributed by atoms with Crippen molar-refractivity contribution in [1.82, 2.24) is 0 Å². The summed E-state index contributed by atoms with van der Waals surface area (Å²) in [6, 6.07) is 8.30. The van der Waals surface area contributed by atoms with Crippen molar-refractivity contribution in [2.45, 2.75) is 71.1 Å². The first-order valence-electron chi connectivity index (χ1n) is 8.58. The molecule has 0 aliphatic carbocycles. The molecule has 0 spiro atoms. The van der Waals surface area contributed by atoms with E-state index in [1.807, 2.05) is 0 Å². The zero-order chi connectivity index (χ0) is 16.5. The molecule has 0 fully saturated rings. The SMILES string of the molecule is CCCCCCCCCCCC[O-].O=C(O)c1ccccc1.[Na+]. The summed E-state index contributed by atoms with van der Waals surface area (Å²) >= 11 is 0. The minimum absolute atomic E-state index is 0. The summed E-state index contributed by atoms with van der Waals surface area (Å²) in [4.78, 5) is 10.2. The van der Waals surface area contributed by atoms with Gasteiger partial charge < -0.3 is 10.2 Å². The normalized spacial score (nSPS) is 9.48. The second-order valence-electron chi connectivity index (χ2n) is 5.56. The molecule has 0 saturated heterocycles. The molecule has 126 valence electrons. The monoisotopic (exact) mass is 330 g/mol. The predicted octanol–water partition coefficient (Wildman–Crippen LogP) is 1.66. The van der Waals surface area contributed by atoms with E-state index in [1.54, 1.807) is 30.3 Å². The molecule has 0 bridgehead atoms. The number of carbonyl (C=O) groups is 1. The Kier molecular flexibility index (Phi) is 21.3. The largest absolute Gasteiger partial charge is 1.00 e. The van der Waals surface area contributed by atoms with Crippen LogP contribution in [0.1, 0.15) is 81.5 Å². The molecule has 1 rings (SSSR count). The van der Waals surface area contributed by atoms with Crippen LogP contribution < -0.4 is 34.7 Å². The Hall–Kier alpha value is -0.350. The van der Waals surface area contributed by atoms with Crippen LogP contribution in [-0.2, 0) is 0 Å². The summed E-state index contributed by atoms with van der Waals surface area (Å²) in [6.07, 6.45) is 13.0. The first kappa shape index (κ1) is 24.9. The summed E-state index contributed by atoms with van der Waals surface area (Å²) in [5.74, 6) is -0.879. The molecule has 0 aliphatic heterocycles. The average Bonchev–Trinajstić information content (AvgIpc) is 2.55. The zero-order valence-corrected chi connectivity index (χ0v) is 16.9. The molecule has 0 aromatic heterocycles. The van der Waals surface area contributed by atoms with Crippen LogP contribution in [-0.4, -0.2) is 17.7 Å². The summed E-state index contributed by atoms with van der Waals surface area (Å²) in [7, 11) is 0. The van der Waals surface area contributed by atoms with Crippen molar-refractivity contribution in [2.24, 2.45) is 0 Å². The molecule has 0 aliphatic rings. The van der Waals surface area contributed by atoms with Gasteiger partial charge in [-0.1, -0.05) is 89.3 Å². The Morgan fingerprint density at radius 2 is 1.30 bits per heavy atom. The standard InChI is InChI=1S/C12H25O.C7H6O2.Na/c1-2-3-4-5-6-7-8-9-10-11-12-13;8-7(9)6-4-2-1-3-5-6;/h2-12H2,1H3;1-5H,(H,8,9);/q-1;;+1. The second-order valence-corrected chi connectivity index (χ2v) is 5.56. The topological polar surface area (TPSA) is 60.4 Å². The van der Waals surface area contributed by atoms with Gasteiger partial charge in [0.05, 0.1) is 5.56 Å². The Labute approximate surface area is 163 Å². The molecule has 0 atom stereocenters. The van der Waals surface area contributed by atoms with Crippen LogP contribution in [0, 0.1) is 0 Å². The van der Waals surface area contributed by atoms with Gasteiger partial charge in [-0.15, -0.1) is 6.61 Å². The maximum Gasteiger partial charge on any atom is 1.00 e. The first-order valence-corrected chi connectivity index (χ1v) is 8.58. The fraction of sp³-hybridized carbons (Fsp3) is 0.632. The third-order valence-corrected chi connectivity index (χ3v) is 3.52. The Morgan fingerprint density at radius 1 is 0.870 bits per heavy atom. The zero-order valence-electron chi connectivity index (χ0n) is 14.9. The number of hydrogen-bond donors (Lipinski definition) is 1. The molecule has 4 heteroatoms. The van der Waals surface area contributed by atoms with Gasteiger partial charge in [-0.3, -0.25) is 0 Å². The smallest absolute Gasteiger partial charge is 0.854 e. The fourth-order valence-electron chi connectivity index (χ4n) is 2.17. The quantitative estimate of drug-likeness (QED) is 0.496. The van der Waals surface area contributed by atoms with Crippen LogP contribution in [0.4, 0.5) is 0 Å². The van der Waals surface area contributed by atoms with E-state index in [1.165, 1.54) is 51.4 Å². The number of carboxylic acid groups (broad SMARTS) is 1. The van der Waals surface area contributed by atoms with Gasteiger partial charge in [0.1, 0.15) is 0 Å². The van der Waals surface area contributed by atoms with Crippen LogP contribution in [0.2, 0.25) is 0 Å². The van der Waals surface area contributed by atoms with Crippen molar-refractivity contribution in [3.8, 4) is 0 Å². The number of hydrogen-bond acceptors (Lipinski definition) is 2. The summed E-state index contributed by atoms with van der Waals surface area (Å²) in [6.45, 7) is 2.37. The van der Waals surface area contributed by atoms with Crippen molar-refractivity contribution in [3.63, 3.8) is 0 Å². The molecular formula is C19H31NaO3. The van der Waals surface area contributed by atoms with Gasteiger partial charge >= 0.3 is 35.5 Å². The molecule has 0 saturated carbocycles. The van der Waals surface area contributed by atoms with Gasteiger partial charge in [0, 0.05) is 0 Å². The number of aromatic carboxylic acids is 1. The van der Waals surface area contributed by atoms with E-state index in [0.29, 0.717) is 5.56 Å². The Morgan fingerprint density at radius 3 is 1.65 bits per heavy atom. The van der Waals surface area contributed by atoms with E-state index in [2.05, 4.69) is 6.92 Å². The van der Waals surface area contributed by atoms with Crippen LogP contribution in [0.5, 0.6) is 0 Å². The van der Waals surface area contributed by atoms with Crippen molar-refractivity contribution in [1.29, 1.82) is 0 Å². The van der Waals surface area contributed by atoms with Gasteiger partial charge in [0.2, 0.25) is 0 Å². The maximum atomic E-state index is 10.2. The molecule has 3 nitrogen and oxygen atoms in total. The van der Waals surface area contributed by atoms with Gasteiger partial charge in [0.25, 0.3) is 0 Å². The molecule has 0 unspecified atom stereocenters. The summed E-state index contributed by atoms with van der Waals surface area (Å²) in [5.41, 5.74) is 0.331. The minimum Gasteiger partial charge on any atom is -0.854 e. The Balaban J connectivity index is 0. The van der Waals surface area contributed by atoms with E-state index in [0.717, 1.165) is 12.8 Å². The molecule has 0 heterocycles. The number of rotatable bonds is 11. The van der Waals surface area contributed by atoms with E-state index in [4.69, 9.17) is 5.11 Å². The maximum absolute atomic E-state index is 10.2. The molecule has 23 heavy (non-hydrogen) atoms. The molecule has 1 aromatic rings. The van der Waals surface area contributed by atoms with Crippen LogP contribution in [0.3, 0.4) is 0 Å². The van der Waals surface area contributed by atoms with Crippen molar-refractivity contribution < 1.29 is 44.6 Å². The van der Waals surface area contributed by atoms with E-state index < -0.39 is 5.97 Å². The molecule has 0 amide bonds. The van der Waals surface area contributed by atoms with Crippen molar-refractivity contribution in [3.05, 3.63) is 35.9 Å². The van der Waals surface area contributed by atoms with E-state index >= 15 is 0 Å². The van der Waals surface area contributed by atoms with Crippen molar-refractivity contribution in [2.75, 3.05) is 6.61 Å². The minimum atomic E-state index is -0.879. The number of unbranched alkanes of at least 4 members (excludes halogenated alkanes) is 9. The second kappa shape index (κ2) is 19.7. The summed E-state index contributed by atoms with van der Waals surface area (Å²) < 4.78 is 0. The summed E-state index contributed by atoms with van der Waals surface area (Å²) in [5, 5.41) is 18.5. The third kappa shape index (κ3) is 17.8. The van der Waals surface area contributed by atoms with E-state index in [-0.39, 0.29) is 36.2 Å². The molecule has 0 radical (unpaired) electrons. The van der Waals surface area contributed by atoms with Crippen LogP contribution in [0.15, 0.2) is 30.3 Å². The average molecular weight is 330 g/mol. The first-order chi connectivity index (χ1) is 10.7. The molecule has 1 N–H and O–H groups in total. The predicted molar refractivity (Wildman–Crippen MR) is 90.1 cm³/mol. The van der Waals surface area contributed by atoms with Gasteiger partial charge in [0.15, 0.2) is 0 Å². The fourth-order valence-corrected chi connectivity index (χ4v) is 2.17. The van der Waals surface area contributed by atoms with E-state index in [9.17, 15) is 9.90 Å². The molecular weight excluding hydrogens is 299 g/mol. The van der Waals surface area contributed by atoms with Gasteiger partial charge in [-0.25, -0.2) is 4.79 Å². The van der Waals surface area contributed by atoms with Gasteiger partial charge in [-0.2, -0.15) is 0 Å². The van der Waals surface area contributed by atoms with Gasteiger partial charge in [-0.05, 0) is 12.1 Å². The van der Waals surface area contributed by atoms with Crippen LogP contribution >= 0.6 is 0 Å². The van der Waals surface area contributed by atoms with Crippen LogP contribution in [0.25, 0.3) is 0 Å². The van der Waals surface area contributed by atoms with Crippen molar-refractivity contribution >= 4 is 5.97 Å².